The van der Waals surface area contributed by atoms with Gasteiger partial charge in [0.05, 0.1) is 0 Å². The lowest BCUT2D eigenvalue weighted by molar-refractivity contribution is 0.822. The molecule has 1 aromatic heterocycles. The fourth-order valence-corrected chi connectivity index (χ4v) is 1.33. The molecule has 6 heteroatoms. The zero-order chi connectivity index (χ0) is 12.0. The lowest BCUT2D eigenvalue weighted by Crippen LogP contribution is -2.39. The van der Waals surface area contributed by atoms with E-state index in [1.807, 2.05) is 19.9 Å². The van der Waals surface area contributed by atoms with Gasteiger partial charge in [0.2, 0.25) is 5.95 Å². The fourth-order valence-electron chi connectivity index (χ4n) is 1.18. The van der Waals surface area contributed by atoms with E-state index < -0.39 is 0 Å². The molecule has 0 aliphatic heterocycles. The summed E-state index contributed by atoms with van der Waals surface area (Å²) in [6.45, 7) is 6.78. The molecule has 1 heterocycles. The minimum Gasteiger partial charge on any atom is -0.361 e. The second-order valence-electron chi connectivity index (χ2n) is 3.48. The topological polar surface area (TPSA) is 61.9 Å². The van der Waals surface area contributed by atoms with Gasteiger partial charge in [0, 0.05) is 17.9 Å². The molecule has 5 nitrogen and oxygen atoms in total. The van der Waals surface area contributed by atoms with Crippen molar-refractivity contribution in [2.45, 2.75) is 27.2 Å². The van der Waals surface area contributed by atoms with Gasteiger partial charge in [-0.25, -0.2) is 9.97 Å². The Kier molecular flexibility index (Phi) is 4.91. The Bertz CT molecular complexity index is 346. The molecule has 0 aliphatic rings. The lowest BCUT2D eigenvalue weighted by atomic mass is 10.4. The molecule has 88 valence electrons. The van der Waals surface area contributed by atoms with Crippen LogP contribution in [0, 0.1) is 13.8 Å². The second kappa shape index (κ2) is 6.22. The van der Waals surface area contributed by atoms with Crippen LogP contribution in [-0.4, -0.2) is 21.6 Å². The molecule has 0 fully saturated rings. The number of aromatic nitrogens is 2. The molecule has 0 atom stereocenters. The van der Waals surface area contributed by atoms with E-state index in [1.165, 1.54) is 0 Å². The number of nitrogens with zero attached hydrogens (tertiary/aromatic N) is 2. The smallest absolute Gasteiger partial charge is 0.242 e. The summed E-state index contributed by atoms with van der Waals surface area (Å²) in [7, 11) is 0. The minimum absolute atomic E-state index is 0.526. The molecule has 16 heavy (non-hydrogen) atoms. The first kappa shape index (κ1) is 12.6. The summed E-state index contributed by atoms with van der Waals surface area (Å²) in [5.74, 6) is 0.526. The van der Waals surface area contributed by atoms with E-state index in [-0.39, 0.29) is 0 Å². The van der Waals surface area contributed by atoms with E-state index >= 15 is 0 Å². The minimum atomic E-state index is 0.526. The van der Waals surface area contributed by atoms with Crippen LogP contribution in [0.15, 0.2) is 6.07 Å². The summed E-state index contributed by atoms with van der Waals surface area (Å²) in [6.07, 6.45) is 1.03. The SMILES string of the molecule is CCCNC(=S)NNc1nc(C)cc(C)n1. The van der Waals surface area contributed by atoms with Gasteiger partial charge in [-0.2, -0.15) is 0 Å². The third-order valence-electron chi connectivity index (χ3n) is 1.81. The number of hydrogen-bond acceptors (Lipinski definition) is 4. The first-order valence-electron chi connectivity index (χ1n) is 5.24. The largest absolute Gasteiger partial charge is 0.361 e. The number of rotatable bonds is 4. The van der Waals surface area contributed by atoms with Gasteiger partial charge < -0.3 is 5.32 Å². The summed E-state index contributed by atoms with van der Waals surface area (Å²) in [5.41, 5.74) is 7.53. The van der Waals surface area contributed by atoms with Crippen LogP contribution < -0.4 is 16.2 Å². The van der Waals surface area contributed by atoms with Crippen LogP contribution in [0.25, 0.3) is 0 Å². The molecule has 1 rings (SSSR count). The molecule has 0 amide bonds. The van der Waals surface area contributed by atoms with Crippen molar-refractivity contribution in [3.63, 3.8) is 0 Å². The van der Waals surface area contributed by atoms with E-state index in [9.17, 15) is 0 Å². The third kappa shape index (κ3) is 4.39. The van der Waals surface area contributed by atoms with Gasteiger partial charge in [-0.3, -0.25) is 10.9 Å². The number of anilines is 1. The highest BCUT2D eigenvalue weighted by molar-refractivity contribution is 7.80. The Hall–Kier alpha value is -1.43. The van der Waals surface area contributed by atoms with Gasteiger partial charge in [0.15, 0.2) is 5.11 Å². The van der Waals surface area contributed by atoms with Crippen LogP contribution >= 0.6 is 12.2 Å². The first-order valence-corrected chi connectivity index (χ1v) is 5.64. The van der Waals surface area contributed by atoms with Gasteiger partial charge in [-0.1, -0.05) is 6.92 Å². The number of aryl methyl sites for hydroxylation is 2. The molecule has 0 aliphatic carbocycles. The number of hydrazine groups is 1. The number of thiocarbonyl (C=S) groups is 1. The Balaban J connectivity index is 2.45. The summed E-state index contributed by atoms with van der Waals surface area (Å²) >= 11 is 5.04. The van der Waals surface area contributed by atoms with Gasteiger partial charge in [0.1, 0.15) is 0 Å². The molecule has 0 spiro atoms. The zero-order valence-electron chi connectivity index (χ0n) is 9.79. The van der Waals surface area contributed by atoms with Gasteiger partial charge in [-0.15, -0.1) is 0 Å². The highest BCUT2D eigenvalue weighted by atomic mass is 32.1. The highest BCUT2D eigenvalue weighted by Crippen LogP contribution is 2.01. The predicted octanol–water partition coefficient (Wildman–Crippen LogP) is 1.29. The number of hydrogen-bond donors (Lipinski definition) is 3. The van der Waals surface area contributed by atoms with E-state index in [1.54, 1.807) is 0 Å². The Morgan fingerprint density at radius 3 is 2.50 bits per heavy atom. The number of nitrogens with one attached hydrogen (secondary N) is 3. The van der Waals surface area contributed by atoms with Gasteiger partial charge in [0.25, 0.3) is 0 Å². The monoisotopic (exact) mass is 239 g/mol. The van der Waals surface area contributed by atoms with Crippen molar-refractivity contribution in [1.29, 1.82) is 0 Å². The van der Waals surface area contributed by atoms with Crippen LogP contribution in [0.5, 0.6) is 0 Å². The van der Waals surface area contributed by atoms with Gasteiger partial charge in [-0.05, 0) is 38.6 Å². The Morgan fingerprint density at radius 2 is 1.94 bits per heavy atom. The molecule has 0 saturated heterocycles. The fraction of sp³-hybridized carbons (Fsp3) is 0.500. The average molecular weight is 239 g/mol. The van der Waals surface area contributed by atoms with Crippen molar-refractivity contribution in [3.05, 3.63) is 17.5 Å². The van der Waals surface area contributed by atoms with E-state index in [4.69, 9.17) is 12.2 Å². The Morgan fingerprint density at radius 1 is 1.31 bits per heavy atom. The van der Waals surface area contributed by atoms with Crippen molar-refractivity contribution < 1.29 is 0 Å². The second-order valence-corrected chi connectivity index (χ2v) is 3.89. The van der Waals surface area contributed by atoms with Crippen molar-refractivity contribution in [2.75, 3.05) is 12.0 Å². The summed E-state index contributed by atoms with van der Waals surface area (Å²) in [5, 5.41) is 3.58. The van der Waals surface area contributed by atoms with Crippen molar-refractivity contribution in [1.82, 2.24) is 20.7 Å². The Labute approximate surface area is 101 Å². The van der Waals surface area contributed by atoms with E-state index in [0.29, 0.717) is 11.1 Å². The quantitative estimate of drug-likeness (QED) is 0.544. The maximum Gasteiger partial charge on any atom is 0.242 e. The summed E-state index contributed by atoms with van der Waals surface area (Å²) in [4.78, 5) is 8.43. The van der Waals surface area contributed by atoms with E-state index in [0.717, 1.165) is 24.4 Å². The van der Waals surface area contributed by atoms with Crippen molar-refractivity contribution in [2.24, 2.45) is 0 Å². The molecule has 0 bridgehead atoms. The molecular formula is C10H17N5S. The van der Waals surface area contributed by atoms with Crippen LogP contribution in [0.2, 0.25) is 0 Å². The highest BCUT2D eigenvalue weighted by Gasteiger charge is 1.99. The molecule has 0 saturated carbocycles. The molecule has 0 radical (unpaired) electrons. The van der Waals surface area contributed by atoms with E-state index in [2.05, 4.69) is 33.1 Å². The lowest BCUT2D eigenvalue weighted by Gasteiger charge is -2.11. The molecule has 0 aromatic carbocycles. The van der Waals surface area contributed by atoms with Gasteiger partial charge >= 0.3 is 0 Å². The normalized spacial score (nSPS) is 9.69. The zero-order valence-corrected chi connectivity index (χ0v) is 10.6. The first-order chi connectivity index (χ1) is 7.61. The molecule has 3 N–H and O–H groups in total. The maximum atomic E-state index is 5.04. The summed E-state index contributed by atoms with van der Waals surface area (Å²) < 4.78 is 0. The molecule has 1 aromatic rings. The van der Waals surface area contributed by atoms with Crippen LogP contribution in [-0.2, 0) is 0 Å². The maximum absolute atomic E-state index is 5.04. The standard InChI is InChI=1S/C10H17N5S/c1-4-5-11-10(16)15-14-9-12-7(2)6-8(3)13-9/h6H,4-5H2,1-3H3,(H2,11,15,16)(H,12,13,14). The molecule has 0 unspecified atom stereocenters. The third-order valence-corrected chi connectivity index (χ3v) is 2.05. The van der Waals surface area contributed by atoms with Crippen molar-refractivity contribution in [3.8, 4) is 0 Å². The van der Waals surface area contributed by atoms with Crippen LogP contribution in [0.1, 0.15) is 24.7 Å². The van der Waals surface area contributed by atoms with Crippen LogP contribution in [0.3, 0.4) is 0 Å². The predicted molar refractivity (Wildman–Crippen MR) is 69.2 cm³/mol. The molecular weight excluding hydrogens is 222 g/mol. The average Bonchev–Trinajstić information content (AvgIpc) is 2.22. The van der Waals surface area contributed by atoms with Crippen molar-refractivity contribution >= 4 is 23.3 Å². The van der Waals surface area contributed by atoms with Crippen LogP contribution in [0.4, 0.5) is 5.95 Å². The summed E-state index contributed by atoms with van der Waals surface area (Å²) in [6, 6.07) is 1.92.